The second-order valence-electron chi connectivity index (χ2n) is 41.4. The smallest absolute Gasteiger partial charge is 0.201 e. The zero-order chi connectivity index (χ0) is 88.5. The van der Waals surface area contributed by atoms with Crippen molar-refractivity contribution in [3.63, 3.8) is 0 Å². The maximum absolute atomic E-state index is 2.43. The molecule has 0 fully saturated rings. The molecule has 4 heterocycles. The molecule has 20 rings (SSSR count). The molecule has 0 spiro atoms. The minimum Gasteiger partial charge on any atom is -0.201 e. The van der Waals surface area contributed by atoms with Gasteiger partial charge in [-0.25, -0.2) is 18.3 Å². The van der Waals surface area contributed by atoms with Crippen LogP contribution in [0.4, 0.5) is 0 Å². The fourth-order valence-electron chi connectivity index (χ4n) is 22.6. The number of hydrogen-bond acceptors (Lipinski definition) is 0. The van der Waals surface area contributed by atoms with Crippen molar-refractivity contribution in [1.82, 2.24) is 0 Å². The second-order valence-corrected chi connectivity index (χ2v) is 41.4. The van der Waals surface area contributed by atoms with Crippen molar-refractivity contribution in [2.75, 3.05) is 0 Å². The van der Waals surface area contributed by atoms with Gasteiger partial charge >= 0.3 is 0 Å². The molecule has 0 radical (unpaired) electrons. The molecule has 0 amide bonds. The van der Waals surface area contributed by atoms with Gasteiger partial charge in [-0.2, -0.15) is 0 Å². The fourth-order valence-corrected chi connectivity index (χ4v) is 22.6. The molecule has 0 unspecified atom stereocenters. The molecule has 4 heteroatoms. The number of pyridine rings is 4. The molecule has 4 nitrogen and oxygen atoms in total. The Labute approximate surface area is 740 Å². The van der Waals surface area contributed by atoms with Crippen LogP contribution in [0.25, 0.3) is 133 Å². The van der Waals surface area contributed by atoms with Crippen LogP contribution in [0.1, 0.15) is 200 Å². The molecule has 4 aliphatic rings. The first kappa shape index (κ1) is 84.5. The molecule has 0 saturated carbocycles. The van der Waals surface area contributed by atoms with Gasteiger partial charge in [0.05, 0.1) is 11.1 Å². The van der Waals surface area contributed by atoms with Crippen LogP contribution in [0.15, 0.2) is 267 Å². The van der Waals surface area contributed by atoms with Gasteiger partial charge < -0.3 is 0 Å². The van der Waals surface area contributed by atoms with Gasteiger partial charge in [-0.05, 0) is 303 Å². The van der Waals surface area contributed by atoms with E-state index in [4.69, 9.17) is 0 Å². The van der Waals surface area contributed by atoms with Crippen LogP contribution in [-0.4, -0.2) is 0 Å². The predicted molar refractivity (Wildman–Crippen MR) is 526 cm³/mol. The Bertz CT molecular complexity index is 7070. The Kier molecular flexibility index (Phi) is 20.5. The third-order valence-corrected chi connectivity index (χ3v) is 32.1. The highest BCUT2D eigenvalue weighted by molar-refractivity contribution is 6.04. The first-order chi connectivity index (χ1) is 58.5. The van der Waals surface area contributed by atoms with Gasteiger partial charge in [-0.3, -0.25) is 0 Å². The van der Waals surface area contributed by atoms with Crippen molar-refractivity contribution in [2.24, 2.45) is 28.2 Å². The SMILES string of the molecule is Cc1ccc(-c2c(C)ccc3c2C(C)(C)C(C)(C)c2cc4ccccc4cc2-3)[n+](C)c1.Cc1ccc(-c2c(C)ccc3c2C(C)(C)C(C)(C)c2ccc4ccccc4c2-3)[n+](C)c1.Cc1ccc(-c2ccc3c(c2C)C(C)(C)C(C)(C)c2cc4ccccc4cc2-3)[n+](C)c1.Cc1ccc(-c2ccc3c(c2C)C(C)(C)C(C)(C)c2ccc4ccccc4c2-3)[n+](C)c1. The molecule has 16 aromatic rings. The van der Waals surface area contributed by atoms with Gasteiger partial charge in [-0.1, -0.05) is 269 Å². The van der Waals surface area contributed by atoms with Crippen molar-refractivity contribution >= 4 is 43.1 Å². The Balaban J connectivity index is 0.000000117. The third-order valence-electron chi connectivity index (χ3n) is 32.1. The van der Waals surface area contributed by atoms with Crippen molar-refractivity contribution in [3.05, 3.63) is 356 Å². The highest BCUT2D eigenvalue weighted by Crippen LogP contribution is 2.62. The summed E-state index contributed by atoms with van der Waals surface area (Å²) in [6, 6.07) is 90.9. The summed E-state index contributed by atoms with van der Waals surface area (Å²) in [7, 11) is 8.64. The van der Waals surface area contributed by atoms with Crippen LogP contribution in [0, 0.1) is 55.4 Å². The van der Waals surface area contributed by atoms with Gasteiger partial charge in [0.1, 0.15) is 28.2 Å². The van der Waals surface area contributed by atoms with Crippen molar-refractivity contribution in [2.45, 2.75) is 209 Å². The van der Waals surface area contributed by atoms with E-state index in [-0.39, 0.29) is 43.3 Å². The lowest BCUT2D eigenvalue weighted by Crippen LogP contribution is -2.44. The third kappa shape index (κ3) is 13.0. The first-order valence-electron chi connectivity index (χ1n) is 45.1. The molecule has 4 aromatic heterocycles. The number of aryl methyl sites for hydroxylation is 10. The number of nitrogens with zero attached hydrogens (tertiary/aromatic N) is 4. The van der Waals surface area contributed by atoms with Gasteiger partial charge in [0.25, 0.3) is 0 Å². The minimum absolute atomic E-state index is 0.00114. The molecule has 12 aromatic carbocycles. The lowest BCUT2D eigenvalue weighted by Gasteiger charge is -2.49. The van der Waals surface area contributed by atoms with Gasteiger partial charge in [0.15, 0.2) is 24.8 Å². The summed E-state index contributed by atoms with van der Waals surface area (Å²) in [6.07, 6.45) is 8.89. The summed E-state index contributed by atoms with van der Waals surface area (Å²) in [4.78, 5) is 0. The monoisotopic (exact) mass is 1630 g/mol. The van der Waals surface area contributed by atoms with Gasteiger partial charge in [0, 0.05) is 68.5 Å². The lowest BCUT2D eigenvalue weighted by molar-refractivity contribution is -0.660. The molecule has 0 saturated heterocycles. The predicted octanol–water partition coefficient (Wildman–Crippen LogP) is 28.7. The molecule has 4 aliphatic carbocycles. The van der Waals surface area contributed by atoms with Crippen molar-refractivity contribution < 1.29 is 18.3 Å². The molecule has 624 valence electrons. The molecule has 0 bridgehead atoms. The van der Waals surface area contributed by atoms with Crippen LogP contribution in [0.2, 0.25) is 0 Å². The van der Waals surface area contributed by atoms with Crippen molar-refractivity contribution in [1.29, 1.82) is 0 Å². The second kappa shape index (κ2) is 30.0. The topological polar surface area (TPSA) is 15.5 Å². The van der Waals surface area contributed by atoms with E-state index in [0.717, 1.165) is 0 Å². The van der Waals surface area contributed by atoms with Crippen LogP contribution < -0.4 is 18.3 Å². The maximum atomic E-state index is 2.43. The molecule has 0 aliphatic heterocycles. The number of aromatic nitrogens is 4. The average molecular weight is 1630 g/mol. The molecule has 0 N–H and O–H groups in total. The molecular weight excluding hydrogens is 1500 g/mol. The van der Waals surface area contributed by atoms with Gasteiger partial charge in [0.2, 0.25) is 22.8 Å². The highest BCUT2D eigenvalue weighted by atomic mass is 14.9. The first-order valence-corrected chi connectivity index (χ1v) is 45.1. The van der Waals surface area contributed by atoms with Gasteiger partial charge in [-0.15, -0.1) is 0 Å². The van der Waals surface area contributed by atoms with Crippen LogP contribution in [0.5, 0.6) is 0 Å². The lowest BCUT2D eigenvalue weighted by atomic mass is 9.54. The van der Waals surface area contributed by atoms with E-state index in [2.05, 4.69) is 480 Å². The molecule has 124 heavy (non-hydrogen) atoms. The fraction of sp³-hybridized carbons (Fsp3) is 0.300. The molecule has 0 atom stereocenters. The van der Waals surface area contributed by atoms with Crippen LogP contribution >= 0.6 is 0 Å². The summed E-state index contributed by atoms with van der Waals surface area (Å²) in [6.45, 7) is 56.6. The molecular formula is C120H128N4+4. The van der Waals surface area contributed by atoms with E-state index in [9.17, 15) is 0 Å². The number of fused-ring (bicyclic) bond motifs is 18. The zero-order valence-electron chi connectivity index (χ0n) is 79.2. The van der Waals surface area contributed by atoms with E-state index >= 15 is 0 Å². The highest BCUT2D eigenvalue weighted by Gasteiger charge is 2.53. The standard InChI is InChI=1S/4C30H32N/c1-19-12-17-26(31(7)18-19)22-14-15-24-27-23-11-9-8-10-21(23)13-16-25(27)29(3,4)30(5,6)28(24)20(22)2;1-19-12-17-25(31(7)18-19)26-20(2)13-15-23-27-22-11-9-8-10-21(22)14-16-24(27)29(3,4)30(5,6)28(23)26;1-19-12-15-27(31(7)18-19)23-13-14-24-25-16-21-10-8-9-11-22(21)17-26(25)29(3,4)30(5,6)28(24)20(23)2;1-19-12-15-26(31(7)18-19)27-20(2)13-14-23-24-16-21-10-8-9-11-22(21)17-25(24)29(3,4)30(5,6)28(23)27/h4*8-18H,1-7H3/q4*+1. The normalized spacial score (nSPS) is 16.1. The number of rotatable bonds is 4. The summed E-state index contributed by atoms with van der Waals surface area (Å²) < 4.78 is 9.09. The minimum atomic E-state index is -0.0307. The zero-order valence-corrected chi connectivity index (χ0v) is 79.2. The summed E-state index contributed by atoms with van der Waals surface area (Å²) in [5.74, 6) is 0. The average Bonchev–Trinajstić information content (AvgIpc) is 0.715. The summed E-state index contributed by atoms with van der Waals surface area (Å²) in [5, 5.41) is 10.6. The van der Waals surface area contributed by atoms with E-state index in [1.807, 2.05) is 0 Å². The van der Waals surface area contributed by atoms with E-state index in [0.29, 0.717) is 0 Å². The quantitative estimate of drug-likeness (QED) is 0.156. The Morgan fingerprint density at radius 3 is 0.831 bits per heavy atom. The Morgan fingerprint density at radius 2 is 0.460 bits per heavy atom. The van der Waals surface area contributed by atoms with E-state index in [1.54, 1.807) is 0 Å². The van der Waals surface area contributed by atoms with Crippen LogP contribution in [-0.2, 0) is 71.5 Å². The van der Waals surface area contributed by atoms with E-state index < -0.39 is 0 Å². The maximum Gasteiger partial charge on any atom is 0.212 e. The largest absolute Gasteiger partial charge is 0.212 e. The number of hydrogen-bond donors (Lipinski definition) is 0. The van der Waals surface area contributed by atoms with E-state index in [1.165, 1.54) is 222 Å². The summed E-state index contributed by atoms with van der Waals surface area (Å²) in [5.41, 5.74) is 44.0. The van der Waals surface area contributed by atoms with Crippen LogP contribution in [0.3, 0.4) is 0 Å². The summed E-state index contributed by atoms with van der Waals surface area (Å²) >= 11 is 0. The Hall–Kier alpha value is -11.7. The van der Waals surface area contributed by atoms with Crippen molar-refractivity contribution in [3.8, 4) is 89.5 Å². The Morgan fingerprint density at radius 1 is 0.194 bits per heavy atom. The number of benzene rings is 12.